The first kappa shape index (κ1) is 15.7. The molecule has 0 aliphatic heterocycles. The highest BCUT2D eigenvalue weighted by molar-refractivity contribution is 7.19. The zero-order chi connectivity index (χ0) is 17.1. The number of hydrogen-bond acceptors (Lipinski definition) is 7. The minimum Gasteiger partial charge on any atom is -0.456 e. The topological polar surface area (TPSA) is 65.2 Å². The molecule has 0 amide bonds. The Bertz CT molecular complexity index is 999. The van der Waals surface area contributed by atoms with E-state index in [0.29, 0.717) is 11.6 Å². The molecule has 3 heterocycles. The van der Waals surface area contributed by atoms with Gasteiger partial charge in [0.15, 0.2) is 0 Å². The summed E-state index contributed by atoms with van der Waals surface area (Å²) in [6.45, 7) is 0.0674. The molecule has 0 atom stereocenters. The van der Waals surface area contributed by atoms with Gasteiger partial charge in [0.05, 0.1) is 15.1 Å². The molecule has 0 saturated heterocycles. The van der Waals surface area contributed by atoms with E-state index in [0.717, 1.165) is 20.1 Å². The highest BCUT2D eigenvalue weighted by Gasteiger charge is 2.09. The lowest BCUT2D eigenvalue weighted by Crippen LogP contribution is -2.00. The molecule has 124 valence electrons. The van der Waals surface area contributed by atoms with Crippen molar-refractivity contribution in [3.05, 3.63) is 64.8 Å². The lowest BCUT2D eigenvalue weighted by molar-refractivity contribution is -0.139. The number of aromatic nitrogens is 2. The molecule has 25 heavy (non-hydrogen) atoms. The third kappa shape index (κ3) is 3.67. The van der Waals surface area contributed by atoms with Gasteiger partial charge in [-0.1, -0.05) is 18.2 Å². The standard InChI is InChI=1S/C18H12N2O3S2/c21-17(8-7-16-20-13-4-1-2-5-14(13)25-16)22-10-12-11-23-18(19-12)15-6-3-9-24-15/h1-9,11H,10H2/b8-7+. The molecule has 0 aliphatic rings. The Hall–Kier alpha value is -2.77. The molecule has 0 fully saturated rings. The van der Waals surface area contributed by atoms with Crippen LogP contribution in [-0.2, 0) is 16.1 Å². The summed E-state index contributed by atoms with van der Waals surface area (Å²) in [7, 11) is 0. The van der Waals surface area contributed by atoms with Gasteiger partial charge in [0.1, 0.15) is 23.6 Å². The smallest absolute Gasteiger partial charge is 0.331 e. The minimum absolute atomic E-state index is 0.0674. The fraction of sp³-hybridized carbons (Fsp3) is 0.0556. The SMILES string of the molecule is O=C(/C=C/c1nc2ccccc2s1)OCc1coc(-c2cccs2)n1. The molecule has 0 unspecified atom stereocenters. The maximum absolute atomic E-state index is 11.9. The number of thiazole rings is 1. The average Bonchev–Trinajstić information content (AvgIpc) is 3.37. The van der Waals surface area contributed by atoms with Crippen molar-refractivity contribution in [2.75, 3.05) is 0 Å². The number of para-hydroxylation sites is 1. The summed E-state index contributed by atoms with van der Waals surface area (Å²) >= 11 is 3.06. The van der Waals surface area contributed by atoms with E-state index in [1.54, 1.807) is 17.4 Å². The third-order valence-electron chi connectivity index (χ3n) is 3.32. The van der Waals surface area contributed by atoms with Gasteiger partial charge in [-0.3, -0.25) is 0 Å². The van der Waals surface area contributed by atoms with Crippen LogP contribution in [0, 0.1) is 0 Å². The molecule has 0 saturated carbocycles. The number of carbonyl (C=O) groups is 1. The molecule has 0 aliphatic carbocycles. The van der Waals surface area contributed by atoms with Crippen LogP contribution in [0.2, 0.25) is 0 Å². The second kappa shape index (κ2) is 7.00. The van der Waals surface area contributed by atoms with Gasteiger partial charge in [-0.05, 0) is 29.7 Å². The van der Waals surface area contributed by atoms with Crippen molar-refractivity contribution in [3.63, 3.8) is 0 Å². The number of thiophene rings is 1. The quantitative estimate of drug-likeness (QED) is 0.375. The van der Waals surface area contributed by atoms with E-state index in [9.17, 15) is 4.79 Å². The van der Waals surface area contributed by atoms with E-state index in [1.807, 2.05) is 41.8 Å². The summed E-state index contributed by atoms with van der Waals surface area (Å²) in [4.78, 5) is 21.5. The van der Waals surface area contributed by atoms with Gasteiger partial charge in [-0.2, -0.15) is 0 Å². The van der Waals surface area contributed by atoms with Crippen LogP contribution in [0.15, 0.2) is 58.5 Å². The molecule has 0 bridgehead atoms. The molecule has 1 aromatic carbocycles. The van der Waals surface area contributed by atoms with Crippen LogP contribution in [0.25, 0.3) is 27.1 Å². The first-order valence-corrected chi connectivity index (χ1v) is 9.16. The number of oxazole rings is 1. The van der Waals surface area contributed by atoms with Gasteiger partial charge in [-0.15, -0.1) is 22.7 Å². The zero-order valence-electron chi connectivity index (χ0n) is 12.9. The first-order chi connectivity index (χ1) is 12.3. The van der Waals surface area contributed by atoms with Crippen LogP contribution in [0.4, 0.5) is 0 Å². The van der Waals surface area contributed by atoms with E-state index in [1.165, 1.54) is 23.7 Å². The number of benzene rings is 1. The van der Waals surface area contributed by atoms with Crippen LogP contribution in [-0.4, -0.2) is 15.9 Å². The highest BCUT2D eigenvalue weighted by atomic mass is 32.1. The number of rotatable bonds is 5. The molecule has 7 heteroatoms. The van der Waals surface area contributed by atoms with Gasteiger partial charge in [-0.25, -0.2) is 14.8 Å². The van der Waals surface area contributed by atoms with Crippen LogP contribution in [0.1, 0.15) is 10.7 Å². The Morgan fingerprint density at radius 2 is 2.12 bits per heavy atom. The Labute approximate surface area is 151 Å². The maximum atomic E-state index is 11.9. The van der Waals surface area contributed by atoms with E-state index >= 15 is 0 Å². The molecular formula is C18H12N2O3S2. The van der Waals surface area contributed by atoms with Gasteiger partial charge >= 0.3 is 5.97 Å². The number of esters is 1. The van der Waals surface area contributed by atoms with E-state index in [4.69, 9.17) is 9.15 Å². The molecule has 0 N–H and O–H groups in total. The van der Waals surface area contributed by atoms with Crippen molar-refractivity contribution in [3.8, 4) is 10.8 Å². The summed E-state index contributed by atoms with van der Waals surface area (Å²) in [6.07, 6.45) is 4.53. The summed E-state index contributed by atoms with van der Waals surface area (Å²) in [5, 5.41) is 2.71. The fourth-order valence-corrected chi connectivity index (χ4v) is 3.71. The predicted molar refractivity (Wildman–Crippen MR) is 98.3 cm³/mol. The lowest BCUT2D eigenvalue weighted by atomic mass is 10.3. The van der Waals surface area contributed by atoms with E-state index in [-0.39, 0.29) is 6.61 Å². The second-order valence-corrected chi connectivity index (χ2v) is 7.09. The van der Waals surface area contributed by atoms with E-state index < -0.39 is 5.97 Å². The molecule has 3 aromatic heterocycles. The third-order valence-corrected chi connectivity index (χ3v) is 5.18. The summed E-state index contributed by atoms with van der Waals surface area (Å²) < 4.78 is 11.7. The molecule has 0 spiro atoms. The van der Waals surface area contributed by atoms with Crippen molar-refractivity contribution < 1.29 is 13.9 Å². The van der Waals surface area contributed by atoms with Crippen LogP contribution in [0.3, 0.4) is 0 Å². The van der Waals surface area contributed by atoms with Crippen molar-refractivity contribution in [2.45, 2.75) is 6.61 Å². The fourth-order valence-electron chi connectivity index (χ4n) is 2.18. The van der Waals surface area contributed by atoms with E-state index in [2.05, 4.69) is 9.97 Å². The van der Waals surface area contributed by atoms with Crippen molar-refractivity contribution in [1.82, 2.24) is 9.97 Å². The number of nitrogens with zero attached hydrogens (tertiary/aromatic N) is 2. The molecular weight excluding hydrogens is 356 g/mol. The highest BCUT2D eigenvalue weighted by Crippen LogP contribution is 2.24. The second-order valence-electron chi connectivity index (χ2n) is 5.08. The number of carbonyl (C=O) groups excluding carboxylic acids is 1. The molecule has 4 aromatic rings. The first-order valence-electron chi connectivity index (χ1n) is 7.46. The van der Waals surface area contributed by atoms with Crippen molar-refractivity contribution >= 4 is 44.9 Å². The summed E-state index contributed by atoms with van der Waals surface area (Å²) in [6, 6.07) is 11.7. The summed E-state index contributed by atoms with van der Waals surface area (Å²) in [5.74, 6) is 0.0889. The van der Waals surface area contributed by atoms with Crippen LogP contribution >= 0.6 is 22.7 Å². The maximum Gasteiger partial charge on any atom is 0.331 e. The van der Waals surface area contributed by atoms with Crippen LogP contribution in [0.5, 0.6) is 0 Å². The minimum atomic E-state index is -0.445. The molecule has 4 rings (SSSR count). The van der Waals surface area contributed by atoms with Crippen molar-refractivity contribution in [1.29, 1.82) is 0 Å². The van der Waals surface area contributed by atoms with Crippen LogP contribution < -0.4 is 0 Å². The number of hydrogen-bond donors (Lipinski definition) is 0. The number of ether oxygens (including phenoxy) is 1. The zero-order valence-corrected chi connectivity index (χ0v) is 14.5. The normalized spacial score (nSPS) is 11.4. The Morgan fingerprint density at radius 3 is 2.96 bits per heavy atom. The van der Waals surface area contributed by atoms with Gasteiger partial charge < -0.3 is 9.15 Å². The summed E-state index contributed by atoms with van der Waals surface area (Å²) in [5.41, 5.74) is 1.49. The Kier molecular flexibility index (Phi) is 4.41. The Morgan fingerprint density at radius 1 is 1.20 bits per heavy atom. The monoisotopic (exact) mass is 368 g/mol. The number of fused-ring (bicyclic) bond motifs is 1. The van der Waals surface area contributed by atoms with Gasteiger partial charge in [0.25, 0.3) is 0 Å². The predicted octanol–water partition coefficient (Wildman–Crippen LogP) is 4.77. The molecule has 0 radical (unpaired) electrons. The Balaban J connectivity index is 1.36. The largest absolute Gasteiger partial charge is 0.456 e. The van der Waals surface area contributed by atoms with Gasteiger partial charge in [0.2, 0.25) is 5.89 Å². The lowest BCUT2D eigenvalue weighted by Gasteiger charge is -1.96. The van der Waals surface area contributed by atoms with Crippen molar-refractivity contribution in [2.24, 2.45) is 0 Å². The average molecular weight is 368 g/mol. The van der Waals surface area contributed by atoms with Gasteiger partial charge in [0, 0.05) is 6.08 Å². The molecule has 5 nitrogen and oxygen atoms in total.